The summed E-state index contributed by atoms with van der Waals surface area (Å²) in [5.41, 5.74) is 2.41. The second-order valence-corrected chi connectivity index (χ2v) is 4.81. The van der Waals surface area contributed by atoms with Gasteiger partial charge in [-0.1, -0.05) is 12.1 Å². The van der Waals surface area contributed by atoms with Crippen LogP contribution in [0.3, 0.4) is 0 Å². The van der Waals surface area contributed by atoms with Gasteiger partial charge in [0.1, 0.15) is 0 Å². The molecule has 0 spiro atoms. The molecule has 5 heteroatoms. The zero-order chi connectivity index (χ0) is 15.2. The molecule has 0 saturated carbocycles. The molecule has 1 amide bonds. The first-order valence-electron chi connectivity index (χ1n) is 6.65. The van der Waals surface area contributed by atoms with Crippen molar-refractivity contribution in [2.24, 2.45) is 0 Å². The van der Waals surface area contributed by atoms with Gasteiger partial charge in [0.05, 0.1) is 19.3 Å². The molecule has 110 valence electrons. The number of aromatic nitrogens is 1. The van der Waals surface area contributed by atoms with Crippen molar-refractivity contribution in [2.75, 3.05) is 26.5 Å². The number of hydrogen-bond donors (Lipinski definition) is 1. The number of rotatable bonds is 5. The topological polar surface area (TPSA) is 54.5 Å². The summed E-state index contributed by atoms with van der Waals surface area (Å²) in [7, 11) is 5.07. The Balaban J connectivity index is 2.06. The van der Waals surface area contributed by atoms with Crippen molar-refractivity contribution in [3.63, 3.8) is 0 Å². The van der Waals surface area contributed by atoms with Gasteiger partial charge in [-0.15, -0.1) is 0 Å². The number of methoxy groups -OCH3 is 1. The van der Waals surface area contributed by atoms with E-state index in [0.29, 0.717) is 18.0 Å². The minimum Gasteiger partial charge on any atom is -0.481 e. The zero-order valence-electron chi connectivity index (χ0n) is 12.5. The smallest absolute Gasteiger partial charge is 0.253 e. The Morgan fingerprint density at radius 2 is 2.00 bits per heavy atom. The quantitative estimate of drug-likeness (QED) is 0.916. The van der Waals surface area contributed by atoms with Crippen molar-refractivity contribution < 1.29 is 9.53 Å². The highest BCUT2D eigenvalue weighted by molar-refractivity contribution is 5.94. The van der Waals surface area contributed by atoms with Crippen molar-refractivity contribution in [1.29, 1.82) is 0 Å². The summed E-state index contributed by atoms with van der Waals surface area (Å²) in [6.07, 6.45) is 0. The van der Waals surface area contributed by atoms with E-state index >= 15 is 0 Å². The maximum Gasteiger partial charge on any atom is 0.253 e. The van der Waals surface area contributed by atoms with Crippen LogP contribution in [-0.4, -0.2) is 37.0 Å². The molecule has 0 aliphatic heterocycles. The second kappa shape index (κ2) is 6.74. The molecule has 0 radical (unpaired) electrons. The van der Waals surface area contributed by atoms with Gasteiger partial charge in [-0.25, -0.2) is 4.98 Å². The van der Waals surface area contributed by atoms with Gasteiger partial charge in [-0.3, -0.25) is 4.79 Å². The van der Waals surface area contributed by atoms with E-state index in [2.05, 4.69) is 10.3 Å². The van der Waals surface area contributed by atoms with Crippen molar-refractivity contribution in [3.05, 3.63) is 53.7 Å². The number of pyridine rings is 1. The molecule has 0 unspecified atom stereocenters. The first-order chi connectivity index (χ1) is 10.1. The Labute approximate surface area is 124 Å². The zero-order valence-corrected chi connectivity index (χ0v) is 12.5. The number of carbonyl (C=O) groups is 1. The Hall–Kier alpha value is -2.56. The molecule has 0 fully saturated rings. The van der Waals surface area contributed by atoms with Crippen LogP contribution in [-0.2, 0) is 6.54 Å². The number of carbonyl (C=O) groups excluding carboxylic acids is 1. The number of anilines is 1. The Morgan fingerprint density at radius 1 is 1.24 bits per heavy atom. The summed E-state index contributed by atoms with van der Waals surface area (Å²) in [4.78, 5) is 17.8. The van der Waals surface area contributed by atoms with Crippen molar-refractivity contribution in [2.45, 2.75) is 6.54 Å². The van der Waals surface area contributed by atoms with Crippen LogP contribution in [0.25, 0.3) is 0 Å². The molecule has 1 aromatic heterocycles. The summed E-state index contributed by atoms with van der Waals surface area (Å²) < 4.78 is 5.09. The predicted molar refractivity (Wildman–Crippen MR) is 82.6 cm³/mol. The third-order valence-electron chi connectivity index (χ3n) is 2.98. The lowest BCUT2D eigenvalue weighted by atomic mass is 10.2. The largest absolute Gasteiger partial charge is 0.481 e. The van der Waals surface area contributed by atoms with Crippen LogP contribution >= 0.6 is 0 Å². The van der Waals surface area contributed by atoms with E-state index in [0.717, 1.165) is 11.4 Å². The fraction of sp³-hybridized carbons (Fsp3) is 0.250. The first-order valence-corrected chi connectivity index (χ1v) is 6.65. The number of benzene rings is 1. The van der Waals surface area contributed by atoms with Gasteiger partial charge in [0.2, 0.25) is 5.88 Å². The molecule has 0 saturated heterocycles. The molecule has 0 aliphatic rings. The summed E-state index contributed by atoms with van der Waals surface area (Å²) in [6.45, 7) is 0.566. The third-order valence-corrected chi connectivity index (χ3v) is 2.98. The van der Waals surface area contributed by atoms with E-state index in [1.165, 1.54) is 0 Å². The lowest BCUT2D eigenvalue weighted by Crippen LogP contribution is -2.21. The minimum absolute atomic E-state index is 0.0156. The average Bonchev–Trinajstić information content (AvgIpc) is 2.52. The van der Waals surface area contributed by atoms with E-state index in [4.69, 9.17) is 4.74 Å². The lowest BCUT2D eigenvalue weighted by Gasteiger charge is -2.12. The Bertz CT molecular complexity index is 626. The molecule has 21 heavy (non-hydrogen) atoms. The van der Waals surface area contributed by atoms with E-state index < -0.39 is 0 Å². The molecule has 5 nitrogen and oxygen atoms in total. The SMILES string of the molecule is COc1cccc(CNc2cccc(C(=O)N(C)C)c2)n1. The van der Waals surface area contributed by atoms with Gasteiger partial charge < -0.3 is 15.0 Å². The summed E-state index contributed by atoms with van der Waals surface area (Å²) in [5.74, 6) is 0.573. The van der Waals surface area contributed by atoms with Crippen LogP contribution in [0.5, 0.6) is 5.88 Å². The van der Waals surface area contributed by atoms with Crippen molar-refractivity contribution in [1.82, 2.24) is 9.88 Å². The summed E-state index contributed by atoms with van der Waals surface area (Å²) in [6, 6.07) is 13.0. The fourth-order valence-corrected chi connectivity index (χ4v) is 1.88. The van der Waals surface area contributed by atoms with Crippen LogP contribution < -0.4 is 10.1 Å². The van der Waals surface area contributed by atoms with Crippen molar-refractivity contribution in [3.8, 4) is 5.88 Å². The Morgan fingerprint density at radius 3 is 2.71 bits per heavy atom. The maximum absolute atomic E-state index is 11.9. The summed E-state index contributed by atoms with van der Waals surface area (Å²) in [5, 5.41) is 3.26. The second-order valence-electron chi connectivity index (χ2n) is 4.81. The third kappa shape index (κ3) is 3.95. The molecular formula is C16H19N3O2. The van der Waals surface area contributed by atoms with Crippen LogP contribution in [0.1, 0.15) is 16.1 Å². The molecular weight excluding hydrogens is 266 g/mol. The van der Waals surface area contributed by atoms with E-state index in [1.807, 2.05) is 30.3 Å². The highest BCUT2D eigenvalue weighted by atomic mass is 16.5. The number of ether oxygens (including phenoxy) is 1. The van der Waals surface area contributed by atoms with Crippen LogP contribution in [0.15, 0.2) is 42.5 Å². The predicted octanol–water partition coefficient (Wildman–Crippen LogP) is 2.40. The number of nitrogens with one attached hydrogen (secondary N) is 1. The molecule has 0 bridgehead atoms. The van der Waals surface area contributed by atoms with Crippen molar-refractivity contribution >= 4 is 11.6 Å². The van der Waals surface area contributed by atoms with E-state index in [9.17, 15) is 4.79 Å². The lowest BCUT2D eigenvalue weighted by molar-refractivity contribution is 0.0827. The highest BCUT2D eigenvalue weighted by Crippen LogP contribution is 2.14. The van der Waals surface area contributed by atoms with Gasteiger partial charge in [0.25, 0.3) is 5.91 Å². The Kier molecular flexibility index (Phi) is 4.77. The number of amides is 1. The monoisotopic (exact) mass is 285 g/mol. The van der Waals surface area contributed by atoms with Gasteiger partial charge in [0.15, 0.2) is 0 Å². The van der Waals surface area contributed by atoms with Gasteiger partial charge in [-0.2, -0.15) is 0 Å². The fourth-order valence-electron chi connectivity index (χ4n) is 1.88. The molecule has 2 aromatic rings. The van der Waals surface area contributed by atoms with Crippen LogP contribution in [0, 0.1) is 0 Å². The summed E-state index contributed by atoms with van der Waals surface area (Å²) >= 11 is 0. The average molecular weight is 285 g/mol. The van der Waals surface area contributed by atoms with E-state index in [1.54, 1.807) is 38.2 Å². The molecule has 2 rings (SSSR count). The maximum atomic E-state index is 11.9. The first kappa shape index (κ1) is 14.8. The minimum atomic E-state index is -0.0156. The normalized spacial score (nSPS) is 10.0. The number of hydrogen-bond acceptors (Lipinski definition) is 4. The van der Waals surface area contributed by atoms with Crippen LogP contribution in [0.4, 0.5) is 5.69 Å². The molecule has 1 heterocycles. The van der Waals surface area contributed by atoms with Gasteiger partial charge >= 0.3 is 0 Å². The van der Waals surface area contributed by atoms with Gasteiger partial charge in [-0.05, 0) is 24.3 Å². The molecule has 0 aliphatic carbocycles. The van der Waals surface area contributed by atoms with Crippen LogP contribution in [0.2, 0.25) is 0 Å². The number of nitrogens with zero attached hydrogens (tertiary/aromatic N) is 2. The molecule has 0 atom stereocenters. The highest BCUT2D eigenvalue weighted by Gasteiger charge is 2.08. The standard InChI is InChI=1S/C16H19N3O2/c1-19(2)16(20)12-6-4-7-13(10-12)17-11-14-8-5-9-15(18-14)21-3/h4-10,17H,11H2,1-3H3. The molecule has 1 aromatic carbocycles. The van der Waals surface area contributed by atoms with E-state index in [-0.39, 0.29) is 5.91 Å². The molecule has 1 N–H and O–H groups in total. The van der Waals surface area contributed by atoms with Gasteiger partial charge in [0, 0.05) is 31.4 Å².